The maximum atomic E-state index is 13.2. The number of hydrogen-bond donors (Lipinski definition) is 3. The summed E-state index contributed by atoms with van der Waals surface area (Å²) in [6, 6.07) is 7.19. The molecule has 3 N–H and O–H groups in total. The van der Waals surface area contributed by atoms with Crippen LogP contribution in [0.2, 0.25) is 0 Å². The van der Waals surface area contributed by atoms with E-state index in [4.69, 9.17) is 24.4 Å². The van der Waals surface area contributed by atoms with Crippen LogP contribution in [0.5, 0.6) is 0 Å². The number of fused-ring (bicyclic) bond motifs is 1. The summed E-state index contributed by atoms with van der Waals surface area (Å²) in [4.78, 5) is 26.9. The van der Waals surface area contributed by atoms with Gasteiger partial charge in [-0.15, -0.1) is 0 Å². The van der Waals surface area contributed by atoms with Crippen LogP contribution in [-0.2, 0) is 22.4 Å². The minimum absolute atomic E-state index is 0.0558. The number of carbonyl (C=O) groups is 2. The zero-order valence-corrected chi connectivity index (χ0v) is 17.2. The SMILES string of the molecule is O=C(CC1Cc2ccccc2C1)C1C(=S)CN[C@@H]1C(=O)C1CCN[C@@H]1C(O)=S. The van der Waals surface area contributed by atoms with Crippen molar-refractivity contribution >= 4 is 45.9 Å². The summed E-state index contributed by atoms with van der Waals surface area (Å²) in [5, 5.41) is 15.8. The average molecular weight is 417 g/mol. The monoisotopic (exact) mass is 416 g/mol. The molecule has 0 radical (unpaired) electrons. The Morgan fingerprint density at radius 1 is 1.11 bits per heavy atom. The van der Waals surface area contributed by atoms with Gasteiger partial charge in [-0.2, -0.15) is 0 Å². The van der Waals surface area contributed by atoms with Crippen molar-refractivity contribution in [1.82, 2.24) is 10.6 Å². The highest BCUT2D eigenvalue weighted by molar-refractivity contribution is 7.80. The molecule has 4 atom stereocenters. The molecule has 4 rings (SSSR count). The number of benzene rings is 1. The molecule has 148 valence electrons. The van der Waals surface area contributed by atoms with Crippen molar-refractivity contribution in [2.75, 3.05) is 13.1 Å². The van der Waals surface area contributed by atoms with Gasteiger partial charge in [0.15, 0.2) is 10.8 Å². The molecule has 5 nitrogen and oxygen atoms in total. The van der Waals surface area contributed by atoms with Gasteiger partial charge in [0.2, 0.25) is 0 Å². The first-order valence-electron chi connectivity index (χ1n) is 9.81. The molecule has 2 saturated heterocycles. The summed E-state index contributed by atoms with van der Waals surface area (Å²) >= 11 is 10.3. The second-order valence-electron chi connectivity index (χ2n) is 8.08. The predicted molar refractivity (Wildman–Crippen MR) is 115 cm³/mol. The highest BCUT2D eigenvalue weighted by atomic mass is 32.1. The molecule has 0 amide bonds. The van der Waals surface area contributed by atoms with Gasteiger partial charge in [-0.25, -0.2) is 0 Å². The van der Waals surface area contributed by atoms with Crippen LogP contribution in [0.1, 0.15) is 24.0 Å². The molecule has 2 aliphatic heterocycles. The average Bonchev–Trinajstić information content (AvgIpc) is 3.38. The fourth-order valence-electron chi connectivity index (χ4n) is 4.96. The third-order valence-corrected chi connectivity index (χ3v) is 6.96. The number of hydrogen-bond acceptors (Lipinski definition) is 6. The number of rotatable bonds is 6. The number of nitrogens with one attached hydrogen (secondary N) is 2. The standard InChI is InChI=1S/C21H24N2O3S2/c24-15(9-11-7-12-3-1-2-4-13(12)8-11)17-16(27)10-23-19(17)20(25)14-5-6-22-18(14)21(26)28/h1-4,11,14,17-19,22-23H,5-10H2,(H,26,28)/t14?,17?,18-,19-/m0/s1. The van der Waals surface area contributed by atoms with Crippen molar-refractivity contribution < 1.29 is 14.7 Å². The Morgan fingerprint density at radius 3 is 2.43 bits per heavy atom. The van der Waals surface area contributed by atoms with Crippen molar-refractivity contribution in [3.8, 4) is 0 Å². The van der Waals surface area contributed by atoms with E-state index >= 15 is 0 Å². The predicted octanol–water partition coefficient (Wildman–Crippen LogP) is 1.75. The van der Waals surface area contributed by atoms with Crippen LogP contribution in [-0.4, -0.2) is 51.8 Å². The van der Waals surface area contributed by atoms with E-state index in [9.17, 15) is 14.7 Å². The number of aliphatic hydroxyl groups is 1. The van der Waals surface area contributed by atoms with Crippen LogP contribution in [0.3, 0.4) is 0 Å². The third kappa shape index (κ3) is 3.68. The molecule has 7 heteroatoms. The minimum Gasteiger partial charge on any atom is -0.501 e. The second-order valence-corrected chi connectivity index (χ2v) is 9.03. The van der Waals surface area contributed by atoms with E-state index < -0.39 is 23.9 Å². The molecule has 0 saturated carbocycles. The first-order valence-corrected chi connectivity index (χ1v) is 10.6. The van der Waals surface area contributed by atoms with E-state index in [0.717, 1.165) is 12.8 Å². The molecule has 2 fully saturated rings. The number of ketones is 2. The first kappa shape index (κ1) is 19.8. The summed E-state index contributed by atoms with van der Waals surface area (Å²) in [5.74, 6) is -0.712. The van der Waals surface area contributed by atoms with Gasteiger partial charge in [-0.1, -0.05) is 36.5 Å². The molecule has 2 heterocycles. The van der Waals surface area contributed by atoms with Gasteiger partial charge >= 0.3 is 0 Å². The molecule has 1 aliphatic carbocycles. The number of aliphatic hydroxyl groups excluding tert-OH is 1. The number of carbonyl (C=O) groups excluding carboxylic acids is 2. The minimum atomic E-state index is -0.606. The van der Waals surface area contributed by atoms with E-state index in [2.05, 4.69) is 22.8 Å². The Hall–Kier alpha value is -1.54. The summed E-state index contributed by atoms with van der Waals surface area (Å²) in [6.07, 6.45) is 2.85. The van der Waals surface area contributed by atoms with Crippen molar-refractivity contribution in [3.05, 3.63) is 35.4 Å². The smallest absolute Gasteiger partial charge is 0.174 e. The summed E-state index contributed by atoms with van der Waals surface area (Å²) in [5.41, 5.74) is 2.63. The Morgan fingerprint density at radius 2 is 1.79 bits per heavy atom. The van der Waals surface area contributed by atoms with Gasteiger partial charge in [-0.3, -0.25) is 9.59 Å². The van der Waals surface area contributed by atoms with Crippen LogP contribution >= 0.6 is 24.4 Å². The van der Waals surface area contributed by atoms with Gasteiger partial charge in [0, 0.05) is 23.7 Å². The molecular weight excluding hydrogens is 392 g/mol. The van der Waals surface area contributed by atoms with E-state index in [-0.39, 0.29) is 22.5 Å². The van der Waals surface area contributed by atoms with Crippen LogP contribution in [0.25, 0.3) is 0 Å². The largest absolute Gasteiger partial charge is 0.501 e. The summed E-state index contributed by atoms with van der Waals surface area (Å²) < 4.78 is 0. The fraction of sp³-hybridized carbons (Fsp3) is 0.524. The van der Waals surface area contributed by atoms with Crippen LogP contribution in [0.15, 0.2) is 24.3 Å². The lowest BCUT2D eigenvalue weighted by molar-refractivity contribution is -0.130. The van der Waals surface area contributed by atoms with E-state index in [0.29, 0.717) is 30.8 Å². The van der Waals surface area contributed by atoms with E-state index in [1.165, 1.54) is 11.1 Å². The molecule has 1 aromatic rings. The van der Waals surface area contributed by atoms with Gasteiger partial charge < -0.3 is 15.7 Å². The molecular formula is C21H24N2O3S2. The van der Waals surface area contributed by atoms with Crippen molar-refractivity contribution in [1.29, 1.82) is 0 Å². The Balaban J connectivity index is 1.45. The molecule has 2 unspecified atom stereocenters. The van der Waals surface area contributed by atoms with Crippen LogP contribution in [0.4, 0.5) is 0 Å². The molecule has 0 bridgehead atoms. The lowest BCUT2D eigenvalue weighted by atomic mass is 9.82. The lowest BCUT2D eigenvalue weighted by Crippen LogP contribution is -2.47. The lowest BCUT2D eigenvalue weighted by Gasteiger charge is -2.24. The van der Waals surface area contributed by atoms with Crippen LogP contribution in [0, 0.1) is 17.8 Å². The summed E-state index contributed by atoms with van der Waals surface area (Å²) in [6.45, 7) is 1.03. The quantitative estimate of drug-likeness (QED) is 0.610. The zero-order valence-electron chi connectivity index (χ0n) is 15.5. The normalized spacial score (nSPS) is 29.8. The van der Waals surface area contributed by atoms with Gasteiger partial charge in [0.1, 0.15) is 5.78 Å². The Labute approximate surface area is 175 Å². The molecule has 3 aliphatic rings. The molecule has 1 aromatic carbocycles. The molecule has 0 aromatic heterocycles. The second kappa shape index (κ2) is 8.06. The maximum absolute atomic E-state index is 13.2. The van der Waals surface area contributed by atoms with Crippen LogP contribution < -0.4 is 10.6 Å². The highest BCUT2D eigenvalue weighted by Crippen LogP contribution is 2.32. The first-order chi connectivity index (χ1) is 13.5. The number of thiocarbonyl (C=S) groups is 2. The molecule has 28 heavy (non-hydrogen) atoms. The Kier molecular flexibility index (Phi) is 5.69. The van der Waals surface area contributed by atoms with Crippen molar-refractivity contribution in [3.63, 3.8) is 0 Å². The zero-order chi connectivity index (χ0) is 19.8. The van der Waals surface area contributed by atoms with Crippen molar-refractivity contribution in [2.45, 2.75) is 37.8 Å². The van der Waals surface area contributed by atoms with Gasteiger partial charge in [-0.05, 0) is 55.1 Å². The highest BCUT2D eigenvalue weighted by Gasteiger charge is 2.46. The maximum Gasteiger partial charge on any atom is 0.174 e. The summed E-state index contributed by atoms with van der Waals surface area (Å²) in [7, 11) is 0. The van der Waals surface area contributed by atoms with E-state index in [1.807, 2.05) is 12.1 Å². The third-order valence-electron chi connectivity index (χ3n) is 6.31. The fourth-order valence-corrected chi connectivity index (χ4v) is 5.56. The van der Waals surface area contributed by atoms with E-state index in [1.54, 1.807) is 0 Å². The number of Topliss-reactive ketones (excluding diaryl/α,β-unsaturated/α-hetero) is 2. The topological polar surface area (TPSA) is 78.4 Å². The Bertz CT molecular complexity index is 816. The molecule has 0 spiro atoms. The van der Waals surface area contributed by atoms with Gasteiger partial charge in [0.05, 0.1) is 18.0 Å². The van der Waals surface area contributed by atoms with Crippen molar-refractivity contribution in [2.24, 2.45) is 17.8 Å². The van der Waals surface area contributed by atoms with Gasteiger partial charge in [0.25, 0.3) is 0 Å².